The number of benzene rings is 1. The first-order chi connectivity index (χ1) is 5.65. The lowest BCUT2D eigenvalue weighted by Gasteiger charge is -2.06. The molecule has 0 amide bonds. The van der Waals surface area contributed by atoms with Crippen LogP contribution in [0.1, 0.15) is 16.0 Å². The molecule has 1 aromatic carbocycles. The Kier molecular flexibility index (Phi) is 3.29. The maximum Gasteiger partial charge on any atom is 0.138 e. The van der Waals surface area contributed by atoms with Gasteiger partial charge in [0.05, 0.1) is 4.83 Å². The van der Waals surface area contributed by atoms with E-state index in [0.717, 1.165) is 17.4 Å². The summed E-state index contributed by atoms with van der Waals surface area (Å²) in [6.45, 7) is 1.95. The van der Waals surface area contributed by atoms with Crippen molar-refractivity contribution in [1.82, 2.24) is 0 Å². The number of hydrogen-bond donors (Lipinski definition) is 0. The highest BCUT2D eigenvalue weighted by Gasteiger charge is 2.08. The summed E-state index contributed by atoms with van der Waals surface area (Å²) in [4.78, 5) is 10.2. The highest BCUT2D eigenvalue weighted by atomic mass is 79.9. The van der Waals surface area contributed by atoms with Crippen LogP contribution in [-0.4, -0.2) is 6.29 Å². The molecule has 0 fully saturated rings. The highest BCUT2D eigenvalue weighted by molar-refractivity contribution is 9.09. The van der Waals surface area contributed by atoms with E-state index in [1.54, 1.807) is 6.07 Å². The van der Waals surface area contributed by atoms with Crippen LogP contribution in [0.3, 0.4) is 0 Å². The molecule has 1 aromatic rings. The highest BCUT2D eigenvalue weighted by Crippen LogP contribution is 2.26. The Morgan fingerprint density at radius 1 is 1.58 bits per heavy atom. The zero-order valence-electron chi connectivity index (χ0n) is 6.55. The zero-order chi connectivity index (χ0) is 9.14. The molecule has 12 heavy (non-hydrogen) atoms. The summed E-state index contributed by atoms with van der Waals surface area (Å²) in [7, 11) is 0. The number of hydrogen-bond acceptors (Lipinski definition) is 1. The third-order valence-corrected chi connectivity index (χ3v) is 2.60. The quantitative estimate of drug-likeness (QED) is 0.579. The second-order valence-electron chi connectivity index (χ2n) is 2.54. The first-order valence-corrected chi connectivity index (χ1v) is 4.80. The fourth-order valence-electron chi connectivity index (χ4n) is 0.982. The topological polar surface area (TPSA) is 17.1 Å². The Bertz CT molecular complexity index is 299. The van der Waals surface area contributed by atoms with Gasteiger partial charge in [0.2, 0.25) is 0 Å². The number of halogens is 2. The van der Waals surface area contributed by atoms with E-state index in [0.29, 0.717) is 5.02 Å². The average molecular weight is 248 g/mol. The Hall–Kier alpha value is -0.340. The van der Waals surface area contributed by atoms with Crippen LogP contribution in [0.2, 0.25) is 5.02 Å². The maximum absolute atomic E-state index is 10.5. The third-order valence-electron chi connectivity index (χ3n) is 1.66. The van der Waals surface area contributed by atoms with Crippen LogP contribution < -0.4 is 0 Å². The molecule has 1 atom stereocenters. The molecule has 0 spiro atoms. The monoisotopic (exact) mass is 246 g/mol. The van der Waals surface area contributed by atoms with Crippen LogP contribution >= 0.6 is 27.5 Å². The van der Waals surface area contributed by atoms with Crippen LogP contribution in [0.4, 0.5) is 0 Å². The Labute approximate surface area is 84.9 Å². The van der Waals surface area contributed by atoms with Crippen LogP contribution in [0.25, 0.3) is 0 Å². The molecule has 0 aromatic heterocycles. The van der Waals surface area contributed by atoms with E-state index in [1.165, 1.54) is 0 Å². The summed E-state index contributed by atoms with van der Waals surface area (Å²) in [5.74, 6) is 0. The second-order valence-corrected chi connectivity index (χ2v) is 3.96. The van der Waals surface area contributed by atoms with Crippen molar-refractivity contribution in [3.05, 3.63) is 34.3 Å². The van der Waals surface area contributed by atoms with Gasteiger partial charge in [-0.25, -0.2) is 0 Å². The summed E-state index contributed by atoms with van der Waals surface area (Å²) in [5, 5.41) is 0.655. The van der Waals surface area contributed by atoms with Crippen molar-refractivity contribution in [3.63, 3.8) is 0 Å². The fraction of sp³-hybridized carbons (Fsp3) is 0.222. The van der Waals surface area contributed by atoms with Gasteiger partial charge in [-0.1, -0.05) is 33.6 Å². The minimum Gasteiger partial charge on any atom is -0.302 e. The van der Waals surface area contributed by atoms with Crippen molar-refractivity contribution in [2.45, 2.75) is 11.8 Å². The van der Waals surface area contributed by atoms with Gasteiger partial charge in [-0.15, -0.1) is 0 Å². The molecule has 0 aliphatic heterocycles. The SMILES string of the molecule is Cc1ccc(Cl)cc1C(Br)C=O. The van der Waals surface area contributed by atoms with Gasteiger partial charge in [0.25, 0.3) is 0 Å². The van der Waals surface area contributed by atoms with E-state index < -0.39 is 0 Å². The van der Waals surface area contributed by atoms with Crippen molar-refractivity contribution in [2.75, 3.05) is 0 Å². The predicted octanol–water partition coefficient (Wildman–Crippen LogP) is 3.28. The van der Waals surface area contributed by atoms with Crippen LogP contribution in [0.5, 0.6) is 0 Å². The average Bonchev–Trinajstić information content (AvgIpc) is 2.08. The molecule has 3 heteroatoms. The van der Waals surface area contributed by atoms with Crippen molar-refractivity contribution in [3.8, 4) is 0 Å². The van der Waals surface area contributed by atoms with Gasteiger partial charge in [0, 0.05) is 5.02 Å². The van der Waals surface area contributed by atoms with Crippen LogP contribution in [0, 0.1) is 6.92 Å². The van der Waals surface area contributed by atoms with Crippen LogP contribution in [-0.2, 0) is 4.79 Å². The molecule has 0 radical (unpaired) electrons. The number of rotatable bonds is 2. The second kappa shape index (κ2) is 4.06. The van der Waals surface area contributed by atoms with Crippen molar-refractivity contribution < 1.29 is 4.79 Å². The number of carbonyl (C=O) groups is 1. The molecule has 0 bridgehead atoms. The van der Waals surface area contributed by atoms with Gasteiger partial charge >= 0.3 is 0 Å². The lowest BCUT2D eigenvalue weighted by atomic mass is 10.1. The predicted molar refractivity (Wildman–Crippen MR) is 53.9 cm³/mol. The number of aryl methyl sites for hydroxylation is 1. The molecule has 1 rings (SSSR count). The lowest BCUT2D eigenvalue weighted by molar-refractivity contribution is -0.107. The Morgan fingerprint density at radius 2 is 2.25 bits per heavy atom. The molecule has 0 N–H and O–H groups in total. The lowest BCUT2D eigenvalue weighted by Crippen LogP contribution is -1.93. The number of alkyl halides is 1. The van der Waals surface area contributed by atoms with Crippen LogP contribution in [0.15, 0.2) is 18.2 Å². The van der Waals surface area contributed by atoms with Gasteiger partial charge in [0.15, 0.2) is 0 Å². The molecule has 0 aliphatic rings. The summed E-state index contributed by atoms with van der Waals surface area (Å²) >= 11 is 9.02. The molecule has 0 saturated carbocycles. The fourth-order valence-corrected chi connectivity index (χ4v) is 1.66. The smallest absolute Gasteiger partial charge is 0.138 e. The first-order valence-electron chi connectivity index (χ1n) is 3.50. The number of aldehydes is 1. The zero-order valence-corrected chi connectivity index (χ0v) is 8.89. The van der Waals surface area contributed by atoms with E-state index in [1.807, 2.05) is 19.1 Å². The molecular weight excluding hydrogens is 239 g/mol. The largest absolute Gasteiger partial charge is 0.302 e. The summed E-state index contributed by atoms with van der Waals surface area (Å²) < 4.78 is 0. The number of carbonyl (C=O) groups excluding carboxylic acids is 1. The molecule has 0 saturated heterocycles. The van der Waals surface area contributed by atoms with E-state index >= 15 is 0 Å². The molecular formula is C9H8BrClO. The molecule has 0 aliphatic carbocycles. The summed E-state index contributed by atoms with van der Waals surface area (Å²) in [5.41, 5.74) is 1.99. The van der Waals surface area contributed by atoms with Gasteiger partial charge in [-0.3, -0.25) is 0 Å². The van der Waals surface area contributed by atoms with Crippen molar-refractivity contribution >= 4 is 33.8 Å². The van der Waals surface area contributed by atoms with Crippen molar-refractivity contribution in [1.29, 1.82) is 0 Å². The molecule has 1 nitrogen and oxygen atoms in total. The Balaban J connectivity index is 3.12. The van der Waals surface area contributed by atoms with E-state index in [2.05, 4.69) is 15.9 Å². The normalized spacial score (nSPS) is 12.6. The van der Waals surface area contributed by atoms with E-state index in [-0.39, 0.29) is 4.83 Å². The molecule has 1 unspecified atom stereocenters. The summed E-state index contributed by atoms with van der Waals surface area (Å²) in [6, 6.07) is 5.51. The summed E-state index contributed by atoms with van der Waals surface area (Å²) in [6.07, 6.45) is 0.846. The van der Waals surface area contributed by atoms with Gasteiger partial charge in [-0.05, 0) is 30.2 Å². The first kappa shape index (κ1) is 9.75. The Morgan fingerprint density at radius 3 is 2.83 bits per heavy atom. The van der Waals surface area contributed by atoms with E-state index in [9.17, 15) is 4.79 Å². The third kappa shape index (κ3) is 2.08. The molecule has 0 heterocycles. The van der Waals surface area contributed by atoms with Gasteiger partial charge in [0.1, 0.15) is 6.29 Å². The van der Waals surface area contributed by atoms with E-state index in [4.69, 9.17) is 11.6 Å². The maximum atomic E-state index is 10.5. The van der Waals surface area contributed by atoms with Gasteiger partial charge in [-0.2, -0.15) is 0 Å². The minimum atomic E-state index is -0.254. The van der Waals surface area contributed by atoms with Gasteiger partial charge < -0.3 is 4.79 Å². The van der Waals surface area contributed by atoms with Crippen molar-refractivity contribution in [2.24, 2.45) is 0 Å². The molecule has 64 valence electrons. The standard InChI is InChI=1S/C9H8BrClO/c1-6-2-3-7(11)4-8(6)9(10)5-12/h2-5,9H,1H3. The minimum absolute atomic E-state index is 0.254.